The Morgan fingerprint density at radius 1 is 1.25 bits per heavy atom. The van der Waals surface area contributed by atoms with E-state index in [2.05, 4.69) is 5.32 Å². The average Bonchev–Trinajstić information content (AvgIpc) is 2.84. The molecule has 102 valence electrons. The monoisotopic (exact) mass is 273 g/mol. The number of anilines is 1. The van der Waals surface area contributed by atoms with Gasteiger partial charge in [-0.2, -0.15) is 0 Å². The van der Waals surface area contributed by atoms with E-state index in [9.17, 15) is 14.0 Å². The lowest BCUT2D eigenvalue weighted by molar-refractivity contribution is 0.0963. The Kier molecular flexibility index (Phi) is 3.10. The summed E-state index contributed by atoms with van der Waals surface area (Å²) in [5.74, 6) is -0.283. The normalized spacial score (nSPS) is 13.9. The lowest BCUT2D eigenvalue weighted by Gasteiger charge is -2.06. The topological polar surface area (TPSA) is 59.3 Å². The minimum absolute atomic E-state index is 0.000180. The highest BCUT2D eigenvalue weighted by molar-refractivity contribution is 6.05. The maximum atomic E-state index is 13.0. The highest BCUT2D eigenvalue weighted by Gasteiger charge is 2.24. The molecule has 20 heavy (non-hydrogen) atoms. The zero-order valence-electron chi connectivity index (χ0n) is 10.6. The number of hydrogen-bond donors (Lipinski definition) is 1. The highest BCUT2D eigenvalue weighted by Crippen LogP contribution is 2.25. The molecule has 3 rings (SSSR count). The first-order valence-electron chi connectivity index (χ1n) is 6.36. The number of fused-ring (bicyclic) bond motifs is 1. The number of ketones is 1. The number of hydrogen-bond acceptors (Lipinski definition) is 3. The number of aryl methyl sites for hydroxylation is 1. The van der Waals surface area contributed by atoms with Crippen LogP contribution in [0.5, 0.6) is 0 Å². The van der Waals surface area contributed by atoms with Gasteiger partial charge in [-0.25, -0.2) is 4.39 Å². The third-order valence-electron chi connectivity index (χ3n) is 3.22. The largest absolute Gasteiger partial charge is 0.455 e. The van der Waals surface area contributed by atoms with E-state index in [1.165, 1.54) is 24.3 Å². The summed E-state index contributed by atoms with van der Waals surface area (Å²) in [4.78, 5) is 23.7. The van der Waals surface area contributed by atoms with E-state index in [0.29, 0.717) is 29.9 Å². The molecule has 2 aromatic rings. The zero-order valence-corrected chi connectivity index (χ0v) is 10.6. The molecule has 1 heterocycles. The smallest absolute Gasteiger partial charge is 0.291 e. The summed E-state index contributed by atoms with van der Waals surface area (Å²) < 4.78 is 18.5. The molecule has 0 bridgehead atoms. The number of rotatable bonds is 2. The Hall–Kier alpha value is -2.43. The molecule has 0 saturated heterocycles. The molecule has 1 aromatic carbocycles. The van der Waals surface area contributed by atoms with E-state index >= 15 is 0 Å². The summed E-state index contributed by atoms with van der Waals surface area (Å²) in [5, 5.41) is 2.54. The summed E-state index contributed by atoms with van der Waals surface area (Å²) in [6, 6.07) is 7.05. The zero-order chi connectivity index (χ0) is 14.1. The van der Waals surface area contributed by atoms with Gasteiger partial charge in [0.1, 0.15) is 11.6 Å². The number of carbonyl (C=O) groups is 2. The van der Waals surface area contributed by atoms with Crippen LogP contribution >= 0.6 is 0 Å². The molecular weight excluding hydrogens is 261 g/mol. The van der Waals surface area contributed by atoms with Crippen molar-refractivity contribution in [1.82, 2.24) is 0 Å². The molecular formula is C15H12FNO3. The molecule has 1 aromatic heterocycles. The van der Waals surface area contributed by atoms with E-state index < -0.39 is 11.7 Å². The van der Waals surface area contributed by atoms with Crippen molar-refractivity contribution in [2.24, 2.45) is 0 Å². The fourth-order valence-electron chi connectivity index (χ4n) is 2.27. The SMILES string of the molecule is O=C(Nc1cccc(F)c1)c1cc2c(o1)CCCC2=O. The number of nitrogens with one attached hydrogen (secondary N) is 1. The summed E-state index contributed by atoms with van der Waals surface area (Å²) in [7, 11) is 0. The number of Topliss-reactive ketones (excluding diaryl/α,β-unsaturated/α-hetero) is 1. The minimum atomic E-state index is -0.488. The molecule has 1 aliphatic carbocycles. The summed E-state index contributed by atoms with van der Waals surface area (Å²) in [6.07, 6.45) is 1.89. The number of amides is 1. The predicted octanol–water partition coefficient (Wildman–Crippen LogP) is 3.19. The van der Waals surface area contributed by atoms with Crippen LogP contribution in [0.3, 0.4) is 0 Å². The van der Waals surface area contributed by atoms with Crippen molar-refractivity contribution >= 4 is 17.4 Å². The average molecular weight is 273 g/mol. The standard InChI is InChI=1S/C15H12FNO3/c16-9-3-1-4-10(7-9)17-15(19)14-8-11-12(18)5-2-6-13(11)20-14/h1,3-4,7-8H,2,5-6H2,(H,17,19). The molecule has 0 saturated carbocycles. The lowest BCUT2D eigenvalue weighted by Crippen LogP contribution is -2.11. The van der Waals surface area contributed by atoms with Crippen molar-refractivity contribution < 1.29 is 18.4 Å². The van der Waals surface area contributed by atoms with Gasteiger partial charge in [-0.1, -0.05) is 6.07 Å². The molecule has 0 fully saturated rings. The third kappa shape index (κ3) is 2.34. The number of carbonyl (C=O) groups excluding carboxylic acids is 2. The van der Waals surface area contributed by atoms with Crippen molar-refractivity contribution in [1.29, 1.82) is 0 Å². The number of halogens is 1. The van der Waals surface area contributed by atoms with Crippen molar-refractivity contribution in [2.75, 3.05) is 5.32 Å². The summed E-state index contributed by atoms with van der Waals surface area (Å²) >= 11 is 0. The first-order valence-corrected chi connectivity index (χ1v) is 6.36. The van der Waals surface area contributed by atoms with Crippen molar-refractivity contribution in [3.05, 3.63) is 53.2 Å². The van der Waals surface area contributed by atoms with Crippen LogP contribution in [-0.4, -0.2) is 11.7 Å². The van der Waals surface area contributed by atoms with Crippen LogP contribution in [0.2, 0.25) is 0 Å². The maximum absolute atomic E-state index is 13.0. The fraction of sp³-hybridized carbons (Fsp3) is 0.200. The molecule has 0 aliphatic heterocycles. The van der Waals surface area contributed by atoms with Gasteiger partial charge in [-0.05, 0) is 24.6 Å². The molecule has 1 amide bonds. The molecule has 0 spiro atoms. The Balaban J connectivity index is 1.83. The van der Waals surface area contributed by atoms with Gasteiger partial charge in [0.2, 0.25) is 0 Å². The maximum Gasteiger partial charge on any atom is 0.291 e. The molecule has 5 heteroatoms. The summed E-state index contributed by atoms with van der Waals surface area (Å²) in [5.41, 5.74) is 0.830. The van der Waals surface area contributed by atoms with Gasteiger partial charge in [0.05, 0.1) is 5.56 Å². The first kappa shape index (κ1) is 12.6. The van der Waals surface area contributed by atoms with E-state index in [4.69, 9.17) is 4.42 Å². The van der Waals surface area contributed by atoms with Gasteiger partial charge in [0.25, 0.3) is 5.91 Å². The van der Waals surface area contributed by atoms with E-state index in [0.717, 1.165) is 6.42 Å². The number of benzene rings is 1. The molecule has 1 aliphatic rings. The molecule has 4 nitrogen and oxygen atoms in total. The Labute approximate surface area is 114 Å². The second-order valence-corrected chi connectivity index (χ2v) is 4.69. The summed E-state index contributed by atoms with van der Waals surface area (Å²) in [6.45, 7) is 0. The van der Waals surface area contributed by atoms with Crippen molar-refractivity contribution in [3.63, 3.8) is 0 Å². The first-order chi connectivity index (χ1) is 9.63. The lowest BCUT2D eigenvalue weighted by atomic mass is 9.97. The Morgan fingerprint density at radius 3 is 2.85 bits per heavy atom. The van der Waals surface area contributed by atoms with E-state index in [-0.39, 0.29) is 11.5 Å². The van der Waals surface area contributed by atoms with Gasteiger partial charge in [0.15, 0.2) is 11.5 Å². The van der Waals surface area contributed by atoms with Crippen LogP contribution in [0.4, 0.5) is 10.1 Å². The third-order valence-corrected chi connectivity index (χ3v) is 3.22. The Bertz CT molecular complexity index is 690. The van der Waals surface area contributed by atoms with Crippen LogP contribution in [-0.2, 0) is 6.42 Å². The van der Waals surface area contributed by atoms with Crippen LogP contribution in [0.25, 0.3) is 0 Å². The van der Waals surface area contributed by atoms with Gasteiger partial charge >= 0.3 is 0 Å². The Morgan fingerprint density at radius 2 is 2.10 bits per heavy atom. The van der Waals surface area contributed by atoms with Crippen LogP contribution in [0, 0.1) is 5.82 Å². The predicted molar refractivity (Wildman–Crippen MR) is 70.3 cm³/mol. The van der Waals surface area contributed by atoms with Gasteiger partial charge < -0.3 is 9.73 Å². The van der Waals surface area contributed by atoms with Crippen LogP contribution < -0.4 is 5.32 Å². The molecule has 0 atom stereocenters. The quantitative estimate of drug-likeness (QED) is 0.914. The second kappa shape index (κ2) is 4.92. The number of furan rings is 1. The van der Waals surface area contributed by atoms with Crippen LogP contribution in [0.1, 0.15) is 39.5 Å². The fourth-order valence-corrected chi connectivity index (χ4v) is 2.27. The molecule has 0 unspecified atom stereocenters. The van der Waals surface area contributed by atoms with Gasteiger partial charge in [-0.15, -0.1) is 0 Å². The van der Waals surface area contributed by atoms with Crippen molar-refractivity contribution in [3.8, 4) is 0 Å². The van der Waals surface area contributed by atoms with E-state index in [1.807, 2.05) is 0 Å². The van der Waals surface area contributed by atoms with E-state index in [1.54, 1.807) is 6.07 Å². The van der Waals surface area contributed by atoms with Gasteiger partial charge in [-0.3, -0.25) is 9.59 Å². The highest BCUT2D eigenvalue weighted by atomic mass is 19.1. The molecule has 1 N–H and O–H groups in total. The van der Waals surface area contributed by atoms with Gasteiger partial charge in [0, 0.05) is 24.6 Å². The van der Waals surface area contributed by atoms with Crippen molar-refractivity contribution in [2.45, 2.75) is 19.3 Å². The molecule has 0 radical (unpaired) electrons. The minimum Gasteiger partial charge on any atom is -0.455 e. The van der Waals surface area contributed by atoms with Crippen LogP contribution in [0.15, 0.2) is 34.7 Å². The second-order valence-electron chi connectivity index (χ2n) is 4.69.